The molecule has 20 heavy (non-hydrogen) atoms. The van der Waals surface area contributed by atoms with E-state index in [-0.39, 0.29) is 11.7 Å². The molecule has 3 aromatic rings. The highest BCUT2D eigenvalue weighted by atomic mass is 16.3. The third-order valence-electron chi connectivity index (χ3n) is 3.84. The lowest BCUT2D eigenvalue weighted by molar-refractivity contribution is 0.480. The minimum absolute atomic E-state index is 0.176. The van der Waals surface area contributed by atoms with Crippen LogP contribution in [0.1, 0.15) is 22.7 Å². The van der Waals surface area contributed by atoms with Crippen LogP contribution >= 0.6 is 0 Å². The van der Waals surface area contributed by atoms with E-state index in [4.69, 9.17) is 0 Å². The summed E-state index contributed by atoms with van der Waals surface area (Å²) in [5.74, 6) is 0.412. The molecule has 0 amide bonds. The average Bonchev–Trinajstić information content (AvgIpc) is 2.91. The fourth-order valence-electron chi connectivity index (χ4n) is 2.83. The number of nitrogens with zero attached hydrogens (tertiary/aromatic N) is 1. The van der Waals surface area contributed by atoms with Crippen LogP contribution < -0.4 is 0 Å². The van der Waals surface area contributed by atoms with Gasteiger partial charge in [0.2, 0.25) is 0 Å². The van der Waals surface area contributed by atoms with E-state index in [2.05, 4.69) is 35.3 Å². The van der Waals surface area contributed by atoms with E-state index < -0.39 is 0 Å². The van der Waals surface area contributed by atoms with Crippen molar-refractivity contribution in [3.63, 3.8) is 0 Å². The van der Waals surface area contributed by atoms with Gasteiger partial charge in [-0.1, -0.05) is 54.6 Å². The first-order valence-electron chi connectivity index (χ1n) is 6.69. The van der Waals surface area contributed by atoms with Gasteiger partial charge in [-0.15, -0.1) is 0 Å². The molecule has 1 aromatic heterocycles. The highest BCUT2D eigenvalue weighted by Gasteiger charge is 2.20. The molecule has 1 aliphatic rings. The van der Waals surface area contributed by atoms with Crippen LogP contribution in [0.2, 0.25) is 0 Å². The molecular formula is C18H13NO. The van der Waals surface area contributed by atoms with Crippen LogP contribution in [0.25, 0.3) is 17.0 Å². The van der Waals surface area contributed by atoms with E-state index in [0.717, 1.165) is 11.1 Å². The Morgan fingerprint density at radius 3 is 2.75 bits per heavy atom. The van der Waals surface area contributed by atoms with Gasteiger partial charge >= 0.3 is 0 Å². The van der Waals surface area contributed by atoms with E-state index in [0.29, 0.717) is 5.52 Å². The molecule has 2 nitrogen and oxygen atoms in total. The Morgan fingerprint density at radius 1 is 0.900 bits per heavy atom. The van der Waals surface area contributed by atoms with Gasteiger partial charge < -0.3 is 5.11 Å². The number of hydrogen-bond acceptors (Lipinski definition) is 2. The normalized spacial score (nSPS) is 16.5. The van der Waals surface area contributed by atoms with Crippen LogP contribution in [-0.4, -0.2) is 10.1 Å². The summed E-state index contributed by atoms with van der Waals surface area (Å²) in [7, 11) is 0. The van der Waals surface area contributed by atoms with Crippen molar-refractivity contribution in [2.24, 2.45) is 0 Å². The Balaban J connectivity index is 1.88. The van der Waals surface area contributed by atoms with Crippen molar-refractivity contribution in [1.29, 1.82) is 0 Å². The minimum atomic E-state index is 0.176. The maximum Gasteiger partial charge on any atom is 0.141 e. The van der Waals surface area contributed by atoms with Gasteiger partial charge in [0.1, 0.15) is 11.3 Å². The number of fused-ring (bicyclic) bond motifs is 2. The Labute approximate surface area is 117 Å². The van der Waals surface area contributed by atoms with Crippen LogP contribution in [0.4, 0.5) is 0 Å². The largest absolute Gasteiger partial charge is 0.506 e. The molecule has 2 heteroatoms. The molecule has 0 saturated carbocycles. The fourth-order valence-corrected chi connectivity index (χ4v) is 2.83. The molecule has 0 bridgehead atoms. The van der Waals surface area contributed by atoms with Crippen molar-refractivity contribution in [1.82, 2.24) is 4.98 Å². The van der Waals surface area contributed by atoms with Crippen molar-refractivity contribution in [3.05, 3.63) is 77.5 Å². The number of pyridine rings is 1. The third kappa shape index (κ3) is 1.62. The molecule has 96 valence electrons. The number of hydrogen-bond donors (Lipinski definition) is 1. The third-order valence-corrected chi connectivity index (χ3v) is 3.84. The van der Waals surface area contributed by atoms with Crippen LogP contribution in [0, 0.1) is 0 Å². The van der Waals surface area contributed by atoms with Gasteiger partial charge in [-0.25, -0.2) is 4.98 Å². The lowest BCUT2D eigenvalue weighted by Crippen LogP contribution is -1.99. The lowest BCUT2D eigenvalue weighted by atomic mass is 9.96. The molecule has 1 atom stereocenters. The Kier molecular flexibility index (Phi) is 2.36. The SMILES string of the molecule is Oc1cccc2ccc(C3C=Cc4ccccc43)nc12. The molecule has 4 rings (SSSR count). The highest BCUT2D eigenvalue weighted by Crippen LogP contribution is 2.35. The summed E-state index contributed by atoms with van der Waals surface area (Å²) < 4.78 is 0. The molecule has 1 unspecified atom stereocenters. The minimum Gasteiger partial charge on any atom is -0.506 e. The number of phenols is 1. The zero-order valence-electron chi connectivity index (χ0n) is 10.8. The van der Waals surface area contributed by atoms with Gasteiger partial charge in [0.05, 0.1) is 5.69 Å². The number of aromatic hydroxyl groups is 1. The van der Waals surface area contributed by atoms with Gasteiger partial charge in [0.15, 0.2) is 0 Å². The molecule has 0 radical (unpaired) electrons. The summed E-state index contributed by atoms with van der Waals surface area (Å²) in [6.07, 6.45) is 4.30. The van der Waals surface area contributed by atoms with Crippen LogP contribution in [0.3, 0.4) is 0 Å². The van der Waals surface area contributed by atoms with Gasteiger partial charge in [-0.2, -0.15) is 0 Å². The monoisotopic (exact) mass is 259 g/mol. The van der Waals surface area contributed by atoms with E-state index >= 15 is 0 Å². The van der Waals surface area contributed by atoms with Crippen molar-refractivity contribution < 1.29 is 5.11 Å². The molecule has 1 heterocycles. The smallest absolute Gasteiger partial charge is 0.141 e. The molecule has 1 N–H and O–H groups in total. The van der Waals surface area contributed by atoms with Gasteiger partial charge in [0, 0.05) is 11.3 Å². The Morgan fingerprint density at radius 2 is 1.80 bits per heavy atom. The first-order valence-corrected chi connectivity index (χ1v) is 6.69. The fraction of sp³-hybridized carbons (Fsp3) is 0.0556. The summed E-state index contributed by atoms with van der Waals surface area (Å²) in [5, 5.41) is 10.9. The maximum atomic E-state index is 9.95. The van der Waals surface area contributed by atoms with Gasteiger partial charge in [-0.3, -0.25) is 0 Å². The zero-order valence-corrected chi connectivity index (χ0v) is 10.8. The first kappa shape index (κ1) is 11.2. The Hall–Kier alpha value is -2.61. The number of phenolic OH excluding ortho intramolecular Hbond substituents is 1. The zero-order chi connectivity index (χ0) is 13.5. The summed E-state index contributed by atoms with van der Waals surface area (Å²) in [6.45, 7) is 0. The maximum absolute atomic E-state index is 9.95. The number of rotatable bonds is 1. The summed E-state index contributed by atoms with van der Waals surface area (Å²) >= 11 is 0. The number of para-hydroxylation sites is 1. The quantitative estimate of drug-likeness (QED) is 0.713. The van der Waals surface area contributed by atoms with Gasteiger partial charge in [0.25, 0.3) is 0 Å². The molecule has 0 spiro atoms. The number of allylic oxidation sites excluding steroid dienone is 1. The Bertz CT molecular complexity index is 836. The number of aromatic nitrogens is 1. The standard InChI is InChI=1S/C18H13NO/c20-17-7-3-5-13-9-11-16(19-18(13)17)15-10-8-12-4-1-2-6-14(12)15/h1-11,15,20H. The lowest BCUT2D eigenvalue weighted by Gasteiger charge is -2.11. The molecular weight excluding hydrogens is 246 g/mol. The predicted octanol–water partition coefficient (Wildman–Crippen LogP) is 4.10. The van der Waals surface area contributed by atoms with E-state index in [1.54, 1.807) is 6.07 Å². The average molecular weight is 259 g/mol. The second-order valence-electron chi connectivity index (χ2n) is 5.05. The predicted molar refractivity (Wildman–Crippen MR) is 80.7 cm³/mol. The van der Waals surface area contributed by atoms with E-state index in [1.807, 2.05) is 30.3 Å². The summed E-state index contributed by atoms with van der Waals surface area (Å²) in [4.78, 5) is 4.65. The van der Waals surface area contributed by atoms with Crippen molar-refractivity contribution in [3.8, 4) is 5.75 Å². The molecule has 0 saturated heterocycles. The van der Waals surface area contributed by atoms with Crippen LogP contribution in [0.15, 0.2) is 60.7 Å². The van der Waals surface area contributed by atoms with Crippen molar-refractivity contribution in [2.75, 3.05) is 0 Å². The van der Waals surface area contributed by atoms with E-state index in [1.165, 1.54) is 11.1 Å². The highest BCUT2D eigenvalue weighted by molar-refractivity contribution is 5.84. The number of benzene rings is 2. The second kappa shape index (κ2) is 4.20. The van der Waals surface area contributed by atoms with Gasteiger partial charge in [-0.05, 0) is 23.3 Å². The molecule has 0 aliphatic heterocycles. The van der Waals surface area contributed by atoms with Crippen molar-refractivity contribution in [2.45, 2.75) is 5.92 Å². The second-order valence-corrected chi connectivity index (χ2v) is 5.05. The van der Waals surface area contributed by atoms with Crippen LogP contribution in [0.5, 0.6) is 5.75 Å². The molecule has 0 fully saturated rings. The van der Waals surface area contributed by atoms with E-state index in [9.17, 15) is 5.11 Å². The van der Waals surface area contributed by atoms with Crippen molar-refractivity contribution >= 4 is 17.0 Å². The first-order chi connectivity index (χ1) is 9.83. The molecule has 2 aromatic carbocycles. The van der Waals surface area contributed by atoms with Crippen LogP contribution in [-0.2, 0) is 0 Å². The summed E-state index contributed by atoms with van der Waals surface area (Å²) in [5.41, 5.74) is 4.16. The topological polar surface area (TPSA) is 33.1 Å². The molecule has 1 aliphatic carbocycles. The summed E-state index contributed by atoms with van der Waals surface area (Å²) in [6, 6.07) is 17.9.